The van der Waals surface area contributed by atoms with Crippen molar-refractivity contribution >= 4 is 0 Å². The molecule has 1 aliphatic heterocycles. The summed E-state index contributed by atoms with van der Waals surface area (Å²) in [6.07, 6.45) is 1.08. The first-order chi connectivity index (χ1) is 10.3. The first-order valence-corrected chi connectivity index (χ1v) is 7.16. The largest absolute Gasteiger partial charge is 0.496 e. The lowest BCUT2D eigenvalue weighted by molar-refractivity contribution is 0.241. The van der Waals surface area contributed by atoms with Crippen molar-refractivity contribution < 1.29 is 4.74 Å². The molecule has 0 saturated heterocycles. The van der Waals surface area contributed by atoms with E-state index in [0.29, 0.717) is 5.56 Å². The van der Waals surface area contributed by atoms with Crippen molar-refractivity contribution in [3.63, 3.8) is 0 Å². The molecule has 2 aromatic carbocycles. The number of ether oxygens (including phenoxy) is 1. The number of nitriles is 1. The normalized spacial score (nSPS) is 14.3. The molecule has 0 bridgehead atoms. The first kappa shape index (κ1) is 13.7. The van der Waals surface area contributed by atoms with Crippen LogP contribution < -0.4 is 4.74 Å². The molecule has 1 heterocycles. The van der Waals surface area contributed by atoms with E-state index in [9.17, 15) is 0 Å². The Morgan fingerprint density at radius 2 is 2.00 bits per heavy atom. The number of nitrogens with zero attached hydrogens (tertiary/aromatic N) is 2. The number of methoxy groups -OCH3 is 1. The standard InChI is InChI=1S/C18H18N2O/c1-21-18-7-6-14(11-19)10-17(18)13-20-9-8-15-4-2-3-5-16(15)12-20/h2-7,10H,8-9,12-13H2,1H3. The third-order valence-electron chi connectivity index (χ3n) is 4.01. The molecule has 0 aliphatic carbocycles. The molecule has 0 atom stereocenters. The monoisotopic (exact) mass is 278 g/mol. The second-order valence-electron chi connectivity index (χ2n) is 5.37. The van der Waals surface area contributed by atoms with Crippen LogP contribution >= 0.6 is 0 Å². The van der Waals surface area contributed by atoms with E-state index < -0.39 is 0 Å². The van der Waals surface area contributed by atoms with Crippen molar-refractivity contribution in [2.24, 2.45) is 0 Å². The van der Waals surface area contributed by atoms with E-state index in [0.717, 1.165) is 37.4 Å². The van der Waals surface area contributed by atoms with Gasteiger partial charge in [0.05, 0.1) is 18.7 Å². The van der Waals surface area contributed by atoms with Crippen molar-refractivity contribution in [3.05, 3.63) is 64.7 Å². The molecular formula is C18H18N2O. The zero-order valence-corrected chi connectivity index (χ0v) is 12.2. The Morgan fingerprint density at radius 3 is 2.76 bits per heavy atom. The summed E-state index contributed by atoms with van der Waals surface area (Å²) >= 11 is 0. The van der Waals surface area contributed by atoms with Crippen molar-refractivity contribution in [2.75, 3.05) is 13.7 Å². The van der Waals surface area contributed by atoms with Crippen LogP contribution in [0.2, 0.25) is 0 Å². The third kappa shape index (κ3) is 2.91. The van der Waals surface area contributed by atoms with Crippen LogP contribution in [0.5, 0.6) is 5.75 Å². The fraction of sp³-hybridized carbons (Fsp3) is 0.278. The lowest BCUT2D eigenvalue weighted by Crippen LogP contribution is -2.30. The van der Waals surface area contributed by atoms with Crippen LogP contribution in [0.4, 0.5) is 0 Å². The summed E-state index contributed by atoms with van der Waals surface area (Å²) in [4.78, 5) is 2.40. The number of rotatable bonds is 3. The maximum Gasteiger partial charge on any atom is 0.123 e. The Labute approximate surface area is 125 Å². The molecule has 21 heavy (non-hydrogen) atoms. The van der Waals surface area contributed by atoms with Crippen molar-refractivity contribution in [1.29, 1.82) is 5.26 Å². The molecule has 0 aromatic heterocycles. The minimum atomic E-state index is 0.684. The fourth-order valence-electron chi connectivity index (χ4n) is 2.90. The van der Waals surface area contributed by atoms with Gasteiger partial charge in [-0.15, -0.1) is 0 Å². The zero-order valence-electron chi connectivity index (χ0n) is 12.2. The molecule has 0 amide bonds. The Bertz CT molecular complexity index is 688. The molecule has 2 aromatic rings. The van der Waals surface area contributed by atoms with Gasteiger partial charge in [-0.2, -0.15) is 5.26 Å². The maximum atomic E-state index is 9.06. The summed E-state index contributed by atoms with van der Waals surface area (Å²) in [5, 5.41) is 9.06. The molecule has 0 radical (unpaired) electrons. The van der Waals surface area contributed by atoms with E-state index in [2.05, 4.69) is 35.2 Å². The highest BCUT2D eigenvalue weighted by molar-refractivity contribution is 5.42. The van der Waals surface area contributed by atoms with Gasteiger partial charge in [0.15, 0.2) is 0 Å². The summed E-state index contributed by atoms with van der Waals surface area (Å²) in [5.74, 6) is 0.854. The molecule has 3 nitrogen and oxygen atoms in total. The summed E-state index contributed by atoms with van der Waals surface area (Å²) in [6, 6.07) is 16.4. The van der Waals surface area contributed by atoms with E-state index in [4.69, 9.17) is 10.00 Å². The summed E-state index contributed by atoms with van der Waals surface area (Å²) in [7, 11) is 1.68. The lowest BCUT2D eigenvalue weighted by Gasteiger charge is -2.29. The minimum Gasteiger partial charge on any atom is -0.496 e. The van der Waals surface area contributed by atoms with Gasteiger partial charge in [-0.3, -0.25) is 4.90 Å². The molecule has 0 saturated carbocycles. The van der Waals surface area contributed by atoms with Gasteiger partial charge in [-0.25, -0.2) is 0 Å². The van der Waals surface area contributed by atoms with E-state index in [1.165, 1.54) is 11.1 Å². The Hall–Kier alpha value is -2.31. The zero-order chi connectivity index (χ0) is 14.7. The average Bonchev–Trinajstić information content (AvgIpc) is 2.54. The molecule has 1 aliphatic rings. The van der Waals surface area contributed by atoms with Crippen molar-refractivity contribution in [3.8, 4) is 11.8 Å². The average molecular weight is 278 g/mol. The highest BCUT2D eigenvalue weighted by atomic mass is 16.5. The van der Waals surface area contributed by atoms with Crippen molar-refractivity contribution in [2.45, 2.75) is 19.5 Å². The molecular weight excluding hydrogens is 260 g/mol. The van der Waals surface area contributed by atoms with Gasteiger partial charge in [0.25, 0.3) is 0 Å². The molecule has 0 fully saturated rings. The quantitative estimate of drug-likeness (QED) is 0.865. The number of hydrogen-bond donors (Lipinski definition) is 0. The highest BCUT2D eigenvalue weighted by Gasteiger charge is 2.17. The van der Waals surface area contributed by atoms with E-state index >= 15 is 0 Å². The topological polar surface area (TPSA) is 36.3 Å². The fourth-order valence-corrected chi connectivity index (χ4v) is 2.90. The molecule has 0 N–H and O–H groups in total. The Morgan fingerprint density at radius 1 is 1.19 bits per heavy atom. The molecule has 0 spiro atoms. The first-order valence-electron chi connectivity index (χ1n) is 7.16. The molecule has 0 unspecified atom stereocenters. The van der Waals surface area contributed by atoms with Crippen LogP contribution in [0.25, 0.3) is 0 Å². The second-order valence-corrected chi connectivity index (χ2v) is 5.37. The molecule has 3 rings (SSSR count). The number of fused-ring (bicyclic) bond motifs is 1. The predicted octanol–water partition coefficient (Wildman–Crippen LogP) is 3.13. The van der Waals surface area contributed by atoms with Gasteiger partial charge in [-0.05, 0) is 35.7 Å². The van der Waals surface area contributed by atoms with Gasteiger partial charge >= 0.3 is 0 Å². The van der Waals surface area contributed by atoms with E-state index in [1.54, 1.807) is 13.2 Å². The van der Waals surface area contributed by atoms with Crippen LogP contribution in [0.1, 0.15) is 22.3 Å². The van der Waals surface area contributed by atoms with Gasteiger partial charge in [-0.1, -0.05) is 24.3 Å². The predicted molar refractivity (Wildman–Crippen MR) is 82.0 cm³/mol. The molecule has 3 heteroatoms. The van der Waals surface area contributed by atoms with Crippen LogP contribution in [0.15, 0.2) is 42.5 Å². The van der Waals surface area contributed by atoms with Crippen LogP contribution in [-0.4, -0.2) is 18.6 Å². The lowest BCUT2D eigenvalue weighted by atomic mass is 9.99. The van der Waals surface area contributed by atoms with Crippen molar-refractivity contribution in [1.82, 2.24) is 4.90 Å². The SMILES string of the molecule is COc1ccc(C#N)cc1CN1CCc2ccccc2C1. The van der Waals surface area contributed by atoms with E-state index in [1.807, 2.05) is 12.1 Å². The van der Waals surface area contributed by atoms with Crippen LogP contribution in [-0.2, 0) is 19.5 Å². The summed E-state index contributed by atoms with van der Waals surface area (Å²) < 4.78 is 5.42. The highest BCUT2D eigenvalue weighted by Crippen LogP contribution is 2.25. The number of benzene rings is 2. The Balaban J connectivity index is 1.80. The van der Waals surface area contributed by atoms with Crippen LogP contribution in [0.3, 0.4) is 0 Å². The van der Waals surface area contributed by atoms with Gasteiger partial charge < -0.3 is 4.74 Å². The van der Waals surface area contributed by atoms with Gasteiger partial charge in [0, 0.05) is 25.2 Å². The van der Waals surface area contributed by atoms with Gasteiger partial charge in [0.1, 0.15) is 5.75 Å². The molecule has 106 valence electrons. The maximum absolute atomic E-state index is 9.06. The van der Waals surface area contributed by atoms with Crippen LogP contribution in [0, 0.1) is 11.3 Å². The second kappa shape index (κ2) is 5.99. The minimum absolute atomic E-state index is 0.684. The van der Waals surface area contributed by atoms with Gasteiger partial charge in [0.2, 0.25) is 0 Å². The number of hydrogen-bond acceptors (Lipinski definition) is 3. The summed E-state index contributed by atoms with van der Waals surface area (Å²) in [6.45, 7) is 2.81. The summed E-state index contributed by atoms with van der Waals surface area (Å²) in [5.41, 5.74) is 4.62. The Kier molecular flexibility index (Phi) is 3.89. The van der Waals surface area contributed by atoms with E-state index in [-0.39, 0.29) is 0 Å². The smallest absolute Gasteiger partial charge is 0.123 e. The third-order valence-corrected chi connectivity index (χ3v) is 4.01.